The van der Waals surface area contributed by atoms with E-state index in [2.05, 4.69) is 0 Å². The molecular weight excluding hydrogens is 260 g/mol. The molecule has 0 aliphatic rings. The largest absolute Gasteiger partial charge is 0.496 e. The van der Waals surface area contributed by atoms with E-state index in [1.807, 2.05) is 6.07 Å². The quantitative estimate of drug-likeness (QED) is 0.717. The molecule has 5 heteroatoms. The third kappa shape index (κ3) is 4.57. The van der Waals surface area contributed by atoms with Gasteiger partial charge in [-0.05, 0) is 37.5 Å². The molecule has 20 heavy (non-hydrogen) atoms. The zero-order valence-corrected chi connectivity index (χ0v) is 12.1. The van der Waals surface area contributed by atoms with Crippen molar-refractivity contribution in [2.75, 3.05) is 20.8 Å². The van der Waals surface area contributed by atoms with Crippen LogP contribution in [0.25, 0.3) is 0 Å². The number of ether oxygens (including phenoxy) is 3. The van der Waals surface area contributed by atoms with Crippen molar-refractivity contribution in [1.82, 2.24) is 0 Å². The van der Waals surface area contributed by atoms with E-state index < -0.39 is 5.97 Å². The van der Waals surface area contributed by atoms with Gasteiger partial charge in [-0.3, -0.25) is 4.79 Å². The van der Waals surface area contributed by atoms with Crippen molar-refractivity contribution >= 4 is 11.9 Å². The third-order valence-electron chi connectivity index (χ3n) is 2.82. The summed E-state index contributed by atoms with van der Waals surface area (Å²) in [6.07, 6.45) is 1.73. The second kappa shape index (κ2) is 8.19. The van der Waals surface area contributed by atoms with Gasteiger partial charge >= 0.3 is 11.9 Å². The van der Waals surface area contributed by atoms with Crippen molar-refractivity contribution < 1.29 is 23.8 Å². The van der Waals surface area contributed by atoms with Crippen LogP contribution in [0.3, 0.4) is 0 Å². The Morgan fingerprint density at radius 3 is 2.55 bits per heavy atom. The average Bonchev–Trinajstić information content (AvgIpc) is 2.46. The van der Waals surface area contributed by atoms with Gasteiger partial charge in [-0.25, -0.2) is 4.79 Å². The van der Waals surface area contributed by atoms with E-state index in [0.29, 0.717) is 37.2 Å². The Bertz CT molecular complexity index is 467. The van der Waals surface area contributed by atoms with Gasteiger partial charge in [-0.2, -0.15) is 0 Å². The van der Waals surface area contributed by atoms with Gasteiger partial charge in [0.1, 0.15) is 11.3 Å². The molecule has 1 aromatic carbocycles. The van der Waals surface area contributed by atoms with Crippen LogP contribution in [0.2, 0.25) is 0 Å². The molecule has 1 aromatic rings. The summed E-state index contributed by atoms with van der Waals surface area (Å²) in [5.74, 6) is -0.158. The van der Waals surface area contributed by atoms with Crippen LogP contribution in [0.15, 0.2) is 18.2 Å². The minimum Gasteiger partial charge on any atom is -0.496 e. The molecule has 1 rings (SSSR count). The monoisotopic (exact) mass is 280 g/mol. The maximum Gasteiger partial charge on any atom is 0.341 e. The maximum absolute atomic E-state index is 11.6. The van der Waals surface area contributed by atoms with Crippen LogP contribution in [0.5, 0.6) is 5.75 Å². The van der Waals surface area contributed by atoms with Crippen molar-refractivity contribution in [2.24, 2.45) is 0 Å². The van der Waals surface area contributed by atoms with Crippen LogP contribution in [-0.4, -0.2) is 32.8 Å². The third-order valence-corrected chi connectivity index (χ3v) is 2.82. The standard InChI is InChI=1S/C15H20O5/c1-4-20-14(16)7-5-6-11-8-9-13(18-2)12(10-11)15(17)19-3/h8-10H,4-7H2,1-3H3. The van der Waals surface area contributed by atoms with Crippen molar-refractivity contribution in [3.63, 3.8) is 0 Å². The summed E-state index contributed by atoms with van der Waals surface area (Å²) in [7, 11) is 2.83. The number of carbonyl (C=O) groups excluding carboxylic acids is 2. The fourth-order valence-corrected chi connectivity index (χ4v) is 1.85. The van der Waals surface area contributed by atoms with Crippen LogP contribution in [0.1, 0.15) is 35.7 Å². The molecule has 0 aliphatic heterocycles. The maximum atomic E-state index is 11.6. The minimum atomic E-state index is -0.436. The molecule has 0 aromatic heterocycles. The summed E-state index contributed by atoms with van der Waals surface area (Å²) in [4.78, 5) is 22.9. The van der Waals surface area contributed by atoms with Gasteiger partial charge in [0.05, 0.1) is 20.8 Å². The lowest BCUT2D eigenvalue weighted by molar-refractivity contribution is -0.143. The molecule has 0 fully saturated rings. The van der Waals surface area contributed by atoms with E-state index in [0.717, 1.165) is 5.56 Å². The molecule has 0 aliphatic carbocycles. The highest BCUT2D eigenvalue weighted by molar-refractivity contribution is 5.92. The Morgan fingerprint density at radius 2 is 1.95 bits per heavy atom. The average molecular weight is 280 g/mol. The molecule has 0 bridgehead atoms. The minimum absolute atomic E-state index is 0.200. The van der Waals surface area contributed by atoms with Gasteiger partial charge in [0.15, 0.2) is 0 Å². The van der Waals surface area contributed by atoms with E-state index in [1.54, 1.807) is 19.1 Å². The van der Waals surface area contributed by atoms with Gasteiger partial charge < -0.3 is 14.2 Å². The number of hydrogen-bond acceptors (Lipinski definition) is 5. The van der Waals surface area contributed by atoms with Crippen LogP contribution >= 0.6 is 0 Å². The molecule has 0 spiro atoms. The molecule has 0 saturated carbocycles. The Balaban J connectivity index is 2.67. The Labute approximate surface area is 118 Å². The first kappa shape index (κ1) is 16.0. The smallest absolute Gasteiger partial charge is 0.341 e. The summed E-state index contributed by atoms with van der Waals surface area (Å²) in [6.45, 7) is 2.18. The number of esters is 2. The lowest BCUT2D eigenvalue weighted by Gasteiger charge is -2.09. The molecule has 0 N–H and O–H groups in total. The van der Waals surface area contributed by atoms with Crippen LogP contribution in [-0.2, 0) is 20.7 Å². The van der Waals surface area contributed by atoms with Gasteiger partial charge in [-0.1, -0.05) is 6.07 Å². The summed E-state index contributed by atoms with van der Waals surface area (Å²) in [5.41, 5.74) is 1.35. The van der Waals surface area contributed by atoms with Gasteiger partial charge in [0.25, 0.3) is 0 Å². The van der Waals surface area contributed by atoms with Gasteiger partial charge in [0.2, 0.25) is 0 Å². The van der Waals surface area contributed by atoms with Crippen LogP contribution in [0, 0.1) is 0 Å². The number of aryl methyl sites for hydroxylation is 1. The molecule has 5 nitrogen and oxygen atoms in total. The predicted molar refractivity (Wildman–Crippen MR) is 73.9 cm³/mol. The lowest BCUT2D eigenvalue weighted by Crippen LogP contribution is -2.06. The molecule has 0 heterocycles. The predicted octanol–water partition coefficient (Wildman–Crippen LogP) is 2.37. The topological polar surface area (TPSA) is 61.8 Å². The number of hydrogen-bond donors (Lipinski definition) is 0. The van der Waals surface area contributed by atoms with E-state index in [-0.39, 0.29) is 5.97 Å². The van der Waals surface area contributed by atoms with Gasteiger partial charge in [-0.15, -0.1) is 0 Å². The molecule has 110 valence electrons. The summed E-state index contributed by atoms with van der Waals surface area (Å²) >= 11 is 0. The molecule has 0 amide bonds. The summed E-state index contributed by atoms with van der Waals surface area (Å²) in [5, 5.41) is 0. The normalized spacial score (nSPS) is 9.95. The van der Waals surface area contributed by atoms with Crippen molar-refractivity contribution in [3.8, 4) is 5.75 Å². The molecule has 0 unspecified atom stereocenters. The van der Waals surface area contributed by atoms with E-state index >= 15 is 0 Å². The van der Waals surface area contributed by atoms with Crippen molar-refractivity contribution in [1.29, 1.82) is 0 Å². The molecule has 0 radical (unpaired) electrons. The highest BCUT2D eigenvalue weighted by Gasteiger charge is 2.13. The van der Waals surface area contributed by atoms with Crippen LogP contribution in [0.4, 0.5) is 0 Å². The SMILES string of the molecule is CCOC(=O)CCCc1ccc(OC)c(C(=O)OC)c1. The first-order valence-corrected chi connectivity index (χ1v) is 6.53. The van der Waals surface area contributed by atoms with Gasteiger partial charge in [0, 0.05) is 6.42 Å². The van der Waals surface area contributed by atoms with Crippen LogP contribution < -0.4 is 4.74 Å². The number of methoxy groups -OCH3 is 2. The second-order valence-electron chi connectivity index (χ2n) is 4.18. The fraction of sp³-hybridized carbons (Fsp3) is 0.467. The molecule has 0 saturated heterocycles. The van der Waals surface area contributed by atoms with Crippen molar-refractivity contribution in [2.45, 2.75) is 26.2 Å². The van der Waals surface area contributed by atoms with E-state index in [1.165, 1.54) is 14.2 Å². The fourth-order valence-electron chi connectivity index (χ4n) is 1.85. The second-order valence-corrected chi connectivity index (χ2v) is 4.18. The summed E-state index contributed by atoms with van der Waals surface area (Å²) < 4.78 is 14.7. The lowest BCUT2D eigenvalue weighted by atomic mass is 10.0. The first-order valence-electron chi connectivity index (χ1n) is 6.53. The zero-order chi connectivity index (χ0) is 15.0. The molecule has 0 atom stereocenters. The first-order chi connectivity index (χ1) is 9.62. The highest BCUT2D eigenvalue weighted by atomic mass is 16.5. The Morgan fingerprint density at radius 1 is 1.20 bits per heavy atom. The number of benzene rings is 1. The Kier molecular flexibility index (Phi) is 6.56. The number of rotatable bonds is 7. The number of carbonyl (C=O) groups is 2. The van der Waals surface area contributed by atoms with E-state index in [4.69, 9.17) is 14.2 Å². The molecular formula is C15H20O5. The summed E-state index contributed by atoms with van der Waals surface area (Å²) in [6, 6.07) is 5.33. The Hall–Kier alpha value is -2.04. The highest BCUT2D eigenvalue weighted by Crippen LogP contribution is 2.21. The zero-order valence-electron chi connectivity index (χ0n) is 12.1. The van der Waals surface area contributed by atoms with Crippen molar-refractivity contribution in [3.05, 3.63) is 29.3 Å². The van der Waals surface area contributed by atoms with E-state index in [9.17, 15) is 9.59 Å².